The van der Waals surface area contributed by atoms with Gasteiger partial charge in [-0.3, -0.25) is 4.79 Å². The Labute approximate surface area is 178 Å². The lowest BCUT2D eigenvalue weighted by molar-refractivity contribution is 0.0711. The van der Waals surface area contributed by atoms with Crippen molar-refractivity contribution in [2.75, 3.05) is 27.3 Å². The summed E-state index contributed by atoms with van der Waals surface area (Å²) >= 11 is 0. The Morgan fingerprint density at radius 1 is 1.03 bits per heavy atom. The predicted molar refractivity (Wildman–Crippen MR) is 111 cm³/mol. The number of nitrogens with zero attached hydrogens (tertiary/aromatic N) is 2. The van der Waals surface area contributed by atoms with Gasteiger partial charge in [0.25, 0.3) is 5.91 Å². The minimum Gasteiger partial charge on any atom is -0.493 e. The molecule has 0 aliphatic carbocycles. The minimum absolute atomic E-state index is 0.0543. The molecule has 2 heterocycles. The number of amides is 1. The molecular weight excluding hydrogens is 404 g/mol. The smallest absolute Gasteiger partial charge is 0.253 e. The van der Waals surface area contributed by atoms with Gasteiger partial charge in [0.05, 0.1) is 26.1 Å². The lowest BCUT2D eigenvalue weighted by atomic mass is 9.95. The topological polar surface area (TPSA) is 67.5 Å². The maximum atomic E-state index is 13.5. The summed E-state index contributed by atoms with van der Waals surface area (Å²) in [5.74, 6) is 0.217. The molecule has 1 amide bonds. The fourth-order valence-corrected chi connectivity index (χ4v) is 3.86. The molecule has 31 heavy (non-hydrogen) atoms. The van der Waals surface area contributed by atoms with Crippen molar-refractivity contribution in [1.29, 1.82) is 0 Å². The summed E-state index contributed by atoms with van der Waals surface area (Å²) in [5, 5.41) is 0. The average Bonchev–Trinajstić information content (AvgIpc) is 3.30. The number of methoxy groups -OCH3 is 2. The van der Waals surface area contributed by atoms with E-state index >= 15 is 0 Å². The minimum atomic E-state index is -0.893. The highest BCUT2D eigenvalue weighted by molar-refractivity contribution is 5.95. The summed E-state index contributed by atoms with van der Waals surface area (Å²) in [6.45, 7) is 1.19. The third kappa shape index (κ3) is 4.23. The zero-order valence-corrected chi connectivity index (χ0v) is 17.3. The summed E-state index contributed by atoms with van der Waals surface area (Å²) in [7, 11) is 3.09. The van der Waals surface area contributed by atoms with Crippen molar-refractivity contribution in [2.45, 2.75) is 18.8 Å². The van der Waals surface area contributed by atoms with Crippen LogP contribution in [0.4, 0.5) is 8.78 Å². The van der Waals surface area contributed by atoms with Crippen LogP contribution in [0, 0.1) is 11.6 Å². The zero-order valence-electron chi connectivity index (χ0n) is 17.3. The number of halogens is 2. The second kappa shape index (κ2) is 8.75. The quantitative estimate of drug-likeness (QED) is 0.656. The second-order valence-electron chi connectivity index (χ2n) is 7.45. The van der Waals surface area contributed by atoms with E-state index in [1.807, 2.05) is 4.90 Å². The van der Waals surface area contributed by atoms with Crippen LogP contribution in [-0.2, 0) is 0 Å². The number of benzene rings is 2. The van der Waals surface area contributed by atoms with Crippen molar-refractivity contribution >= 4 is 5.91 Å². The molecule has 8 heteroatoms. The lowest BCUT2D eigenvalue weighted by Crippen LogP contribution is -2.38. The second-order valence-corrected chi connectivity index (χ2v) is 7.45. The van der Waals surface area contributed by atoms with Crippen LogP contribution in [0.25, 0.3) is 11.3 Å². The number of aromatic amines is 1. The number of ether oxygens (including phenoxy) is 2. The molecule has 162 valence electrons. The SMILES string of the molecule is COc1ccc(C(=O)N2CCC(c3ncc(-c4ccc(F)c(F)c4)[nH]3)CC2)cc1OC. The number of hydrogen-bond acceptors (Lipinski definition) is 4. The van der Waals surface area contributed by atoms with Crippen LogP contribution in [-0.4, -0.2) is 48.1 Å². The van der Waals surface area contributed by atoms with Crippen molar-refractivity contribution in [2.24, 2.45) is 0 Å². The summed E-state index contributed by atoms with van der Waals surface area (Å²) in [5.41, 5.74) is 1.73. The molecular formula is C23H23F2N3O3. The van der Waals surface area contributed by atoms with Crippen LogP contribution >= 0.6 is 0 Å². The highest BCUT2D eigenvalue weighted by atomic mass is 19.2. The Morgan fingerprint density at radius 3 is 2.45 bits per heavy atom. The zero-order chi connectivity index (χ0) is 22.0. The number of H-pyrrole nitrogens is 1. The summed E-state index contributed by atoms with van der Waals surface area (Å²) in [4.78, 5) is 22.4. The molecule has 0 bridgehead atoms. The van der Waals surface area contributed by atoms with E-state index in [2.05, 4.69) is 9.97 Å². The summed E-state index contributed by atoms with van der Waals surface area (Å²) < 4.78 is 37.2. The van der Waals surface area contributed by atoms with Gasteiger partial charge in [-0.15, -0.1) is 0 Å². The van der Waals surface area contributed by atoms with Gasteiger partial charge in [-0.1, -0.05) is 0 Å². The molecule has 1 saturated heterocycles. The number of piperidine rings is 1. The van der Waals surface area contributed by atoms with E-state index in [0.29, 0.717) is 41.4 Å². The Balaban J connectivity index is 1.41. The van der Waals surface area contributed by atoms with Gasteiger partial charge in [-0.25, -0.2) is 13.8 Å². The molecule has 1 fully saturated rings. The fourth-order valence-electron chi connectivity index (χ4n) is 3.86. The number of nitrogens with one attached hydrogen (secondary N) is 1. The number of carbonyl (C=O) groups is 1. The van der Waals surface area contributed by atoms with Crippen LogP contribution in [0.15, 0.2) is 42.6 Å². The summed E-state index contributed by atoms with van der Waals surface area (Å²) in [6, 6.07) is 8.91. The molecule has 0 saturated carbocycles. The standard InChI is InChI=1S/C23H23F2N3O3/c1-30-20-6-4-16(12-21(20)31-2)23(29)28-9-7-14(8-10-28)22-26-13-19(27-22)15-3-5-17(24)18(25)11-15/h3-6,11-14H,7-10H2,1-2H3,(H,26,27). The van der Waals surface area contributed by atoms with E-state index in [0.717, 1.165) is 30.8 Å². The predicted octanol–water partition coefficient (Wildman–Crippen LogP) is 4.39. The fraction of sp³-hybridized carbons (Fsp3) is 0.304. The normalized spacial score (nSPS) is 14.5. The van der Waals surface area contributed by atoms with Gasteiger partial charge in [-0.2, -0.15) is 0 Å². The Hall–Kier alpha value is -3.42. The number of carbonyl (C=O) groups excluding carboxylic acids is 1. The van der Waals surface area contributed by atoms with E-state index < -0.39 is 11.6 Å². The number of likely N-dealkylation sites (tertiary alicyclic amines) is 1. The first kappa shape index (κ1) is 20.8. The molecule has 0 atom stereocenters. The first-order valence-electron chi connectivity index (χ1n) is 10.0. The van der Waals surface area contributed by atoms with Gasteiger partial charge in [0.2, 0.25) is 0 Å². The third-order valence-corrected chi connectivity index (χ3v) is 5.63. The van der Waals surface area contributed by atoms with E-state index in [4.69, 9.17) is 9.47 Å². The van der Waals surface area contributed by atoms with Crippen molar-refractivity contribution in [1.82, 2.24) is 14.9 Å². The number of hydrogen-bond donors (Lipinski definition) is 1. The largest absolute Gasteiger partial charge is 0.493 e. The molecule has 0 spiro atoms. The number of rotatable bonds is 5. The Morgan fingerprint density at radius 2 is 1.77 bits per heavy atom. The van der Waals surface area contributed by atoms with Crippen LogP contribution in [0.5, 0.6) is 11.5 Å². The van der Waals surface area contributed by atoms with Crippen molar-refractivity contribution in [3.63, 3.8) is 0 Å². The monoisotopic (exact) mass is 427 g/mol. The van der Waals surface area contributed by atoms with Crippen molar-refractivity contribution in [3.05, 3.63) is 65.6 Å². The average molecular weight is 427 g/mol. The van der Waals surface area contributed by atoms with Gasteiger partial charge in [0, 0.05) is 30.1 Å². The Bertz CT molecular complexity index is 1090. The lowest BCUT2D eigenvalue weighted by Gasteiger charge is -2.31. The molecule has 4 rings (SSSR count). The van der Waals surface area contributed by atoms with Gasteiger partial charge in [-0.05, 0) is 49.2 Å². The highest BCUT2D eigenvalue weighted by Gasteiger charge is 2.27. The first-order chi connectivity index (χ1) is 15.0. The van der Waals surface area contributed by atoms with Gasteiger partial charge in [0.15, 0.2) is 23.1 Å². The van der Waals surface area contributed by atoms with Crippen LogP contribution < -0.4 is 9.47 Å². The first-order valence-corrected chi connectivity index (χ1v) is 10.0. The third-order valence-electron chi connectivity index (χ3n) is 5.63. The molecule has 1 aromatic heterocycles. The van der Waals surface area contributed by atoms with Gasteiger partial charge < -0.3 is 19.4 Å². The Kier molecular flexibility index (Phi) is 5.88. The van der Waals surface area contributed by atoms with Gasteiger partial charge >= 0.3 is 0 Å². The molecule has 0 unspecified atom stereocenters. The van der Waals surface area contributed by atoms with E-state index in [1.165, 1.54) is 13.2 Å². The van der Waals surface area contributed by atoms with Crippen LogP contribution in [0.2, 0.25) is 0 Å². The maximum Gasteiger partial charge on any atom is 0.253 e. The van der Waals surface area contributed by atoms with Crippen molar-refractivity contribution < 1.29 is 23.0 Å². The molecule has 1 N–H and O–H groups in total. The van der Waals surface area contributed by atoms with Gasteiger partial charge in [0.1, 0.15) is 5.82 Å². The van der Waals surface area contributed by atoms with E-state index in [-0.39, 0.29) is 11.8 Å². The van der Waals surface area contributed by atoms with Crippen molar-refractivity contribution in [3.8, 4) is 22.8 Å². The maximum absolute atomic E-state index is 13.5. The molecule has 1 aliphatic heterocycles. The molecule has 0 radical (unpaired) electrons. The highest BCUT2D eigenvalue weighted by Crippen LogP contribution is 2.31. The van der Waals surface area contributed by atoms with E-state index in [9.17, 15) is 13.6 Å². The van der Waals surface area contributed by atoms with Crippen LogP contribution in [0.3, 0.4) is 0 Å². The molecule has 3 aromatic rings. The molecule has 1 aliphatic rings. The molecule has 2 aromatic carbocycles. The number of imidazole rings is 1. The van der Waals surface area contributed by atoms with Crippen LogP contribution in [0.1, 0.15) is 34.9 Å². The number of aromatic nitrogens is 2. The molecule has 6 nitrogen and oxygen atoms in total. The van der Waals surface area contributed by atoms with E-state index in [1.54, 1.807) is 31.5 Å². The summed E-state index contributed by atoms with van der Waals surface area (Å²) in [6.07, 6.45) is 3.14.